The first-order valence-corrected chi connectivity index (χ1v) is 10.6. The number of methoxy groups -OCH3 is 1. The van der Waals surface area contributed by atoms with Gasteiger partial charge in [-0.25, -0.2) is 4.98 Å². The summed E-state index contributed by atoms with van der Waals surface area (Å²) in [4.78, 5) is 8.93. The molecule has 8 nitrogen and oxygen atoms in total. The Labute approximate surface area is 183 Å². The molecule has 31 heavy (non-hydrogen) atoms. The highest BCUT2D eigenvalue weighted by atomic mass is 32.2. The Morgan fingerprint density at radius 1 is 0.968 bits per heavy atom. The predicted octanol–water partition coefficient (Wildman–Crippen LogP) is 4.23. The van der Waals surface area contributed by atoms with Crippen molar-refractivity contribution in [2.24, 2.45) is 0 Å². The molecular formula is C22H19N7OS. The van der Waals surface area contributed by atoms with Gasteiger partial charge in [0.05, 0.1) is 12.8 Å². The second-order valence-corrected chi connectivity index (χ2v) is 7.69. The third-order valence-electron chi connectivity index (χ3n) is 4.87. The van der Waals surface area contributed by atoms with E-state index in [1.54, 1.807) is 11.6 Å². The van der Waals surface area contributed by atoms with Crippen LogP contribution in [0, 0.1) is 0 Å². The molecule has 0 bridgehead atoms. The Hall–Kier alpha value is -3.72. The fraction of sp³-hybridized carbons (Fsp3) is 0.136. The summed E-state index contributed by atoms with van der Waals surface area (Å²) < 4.78 is 9.06. The Morgan fingerprint density at radius 3 is 2.52 bits per heavy atom. The lowest BCUT2D eigenvalue weighted by Crippen LogP contribution is -2.02. The van der Waals surface area contributed by atoms with Crippen LogP contribution in [-0.4, -0.2) is 41.5 Å². The van der Waals surface area contributed by atoms with Crippen molar-refractivity contribution < 1.29 is 4.74 Å². The molecule has 0 saturated heterocycles. The first-order valence-electron chi connectivity index (χ1n) is 9.78. The van der Waals surface area contributed by atoms with Crippen molar-refractivity contribution in [2.75, 3.05) is 7.11 Å². The van der Waals surface area contributed by atoms with Crippen LogP contribution in [-0.2, 0) is 6.54 Å². The Morgan fingerprint density at radius 2 is 1.77 bits per heavy atom. The molecule has 2 aromatic carbocycles. The van der Waals surface area contributed by atoms with Crippen molar-refractivity contribution in [1.82, 2.24) is 34.3 Å². The van der Waals surface area contributed by atoms with Crippen LogP contribution in [0.4, 0.5) is 0 Å². The van der Waals surface area contributed by atoms with Crippen LogP contribution < -0.4 is 4.74 Å². The van der Waals surface area contributed by atoms with Crippen LogP contribution in [0.25, 0.3) is 28.4 Å². The Kier molecular flexibility index (Phi) is 5.09. The van der Waals surface area contributed by atoms with Gasteiger partial charge in [-0.1, -0.05) is 30.3 Å². The van der Waals surface area contributed by atoms with Gasteiger partial charge in [0.1, 0.15) is 17.1 Å². The van der Waals surface area contributed by atoms with E-state index in [2.05, 4.69) is 36.8 Å². The van der Waals surface area contributed by atoms with Gasteiger partial charge in [0, 0.05) is 17.7 Å². The highest BCUT2D eigenvalue weighted by Gasteiger charge is 2.17. The second-order valence-electron chi connectivity index (χ2n) is 6.70. The van der Waals surface area contributed by atoms with Crippen molar-refractivity contribution in [3.63, 3.8) is 0 Å². The van der Waals surface area contributed by atoms with Gasteiger partial charge in [-0.05, 0) is 49.0 Å². The topological polar surface area (TPSA) is 83.0 Å². The molecule has 0 saturated carbocycles. The van der Waals surface area contributed by atoms with Gasteiger partial charge in [-0.2, -0.15) is 14.6 Å². The van der Waals surface area contributed by atoms with Crippen LogP contribution in [0.15, 0.2) is 77.2 Å². The normalized spacial score (nSPS) is 11.2. The molecule has 0 N–H and O–H groups in total. The summed E-state index contributed by atoms with van der Waals surface area (Å²) in [5.41, 5.74) is 2.83. The van der Waals surface area contributed by atoms with Crippen molar-refractivity contribution in [3.8, 4) is 28.4 Å². The van der Waals surface area contributed by atoms with Crippen LogP contribution in [0.1, 0.15) is 6.92 Å². The van der Waals surface area contributed by atoms with Gasteiger partial charge in [-0.3, -0.25) is 0 Å². The van der Waals surface area contributed by atoms with Crippen molar-refractivity contribution >= 4 is 17.5 Å². The fourth-order valence-corrected chi connectivity index (χ4v) is 4.29. The van der Waals surface area contributed by atoms with Crippen LogP contribution in [0.2, 0.25) is 0 Å². The second kappa shape index (κ2) is 8.19. The summed E-state index contributed by atoms with van der Waals surface area (Å²) in [6, 6.07) is 19.8. The van der Waals surface area contributed by atoms with Gasteiger partial charge in [-0.15, -0.1) is 10.2 Å². The molecule has 154 valence electrons. The molecule has 3 heterocycles. The van der Waals surface area contributed by atoms with E-state index in [1.165, 1.54) is 18.1 Å². The zero-order chi connectivity index (χ0) is 21.2. The minimum atomic E-state index is 0.543. The van der Waals surface area contributed by atoms with Gasteiger partial charge >= 0.3 is 0 Å². The minimum absolute atomic E-state index is 0.543. The van der Waals surface area contributed by atoms with Crippen molar-refractivity contribution in [3.05, 3.63) is 67.0 Å². The maximum atomic E-state index is 5.26. The van der Waals surface area contributed by atoms with E-state index < -0.39 is 0 Å². The number of ether oxygens (including phenoxy) is 1. The van der Waals surface area contributed by atoms with E-state index in [0.717, 1.165) is 45.1 Å². The maximum Gasteiger partial charge on any atom is 0.253 e. The summed E-state index contributed by atoms with van der Waals surface area (Å²) in [5, 5.41) is 14.9. The monoisotopic (exact) mass is 429 g/mol. The number of aromatic nitrogens is 7. The average Bonchev–Trinajstić information content (AvgIpc) is 3.46. The predicted molar refractivity (Wildman–Crippen MR) is 118 cm³/mol. The molecule has 0 amide bonds. The number of benzene rings is 2. The number of nitrogens with zero attached hydrogens (tertiary/aromatic N) is 7. The van der Waals surface area contributed by atoms with Crippen LogP contribution >= 0.6 is 11.8 Å². The smallest absolute Gasteiger partial charge is 0.253 e. The van der Waals surface area contributed by atoms with Crippen molar-refractivity contribution in [2.45, 2.75) is 23.7 Å². The Balaban J connectivity index is 1.55. The van der Waals surface area contributed by atoms with Gasteiger partial charge in [0.25, 0.3) is 5.78 Å². The number of rotatable bonds is 6. The molecule has 0 unspecified atom stereocenters. The zero-order valence-corrected chi connectivity index (χ0v) is 17.8. The molecule has 5 aromatic rings. The highest BCUT2D eigenvalue weighted by Crippen LogP contribution is 2.32. The zero-order valence-electron chi connectivity index (χ0n) is 17.0. The lowest BCUT2D eigenvalue weighted by Gasteiger charge is -2.09. The lowest BCUT2D eigenvalue weighted by atomic mass is 10.1. The number of hydrogen-bond acceptors (Lipinski definition) is 7. The van der Waals surface area contributed by atoms with E-state index in [9.17, 15) is 0 Å². The molecule has 0 atom stereocenters. The third-order valence-corrected chi connectivity index (χ3v) is 5.85. The molecule has 0 radical (unpaired) electrons. The van der Waals surface area contributed by atoms with E-state index in [4.69, 9.17) is 4.74 Å². The average molecular weight is 430 g/mol. The van der Waals surface area contributed by atoms with Gasteiger partial charge < -0.3 is 9.30 Å². The molecule has 0 aliphatic rings. The van der Waals surface area contributed by atoms with E-state index in [-0.39, 0.29) is 0 Å². The maximum absolute atomic E-state index is 5.26. The third kappa shape index (κ3) is 3.64. The summed E-state index contributed by atoms with van der Waals surface area (Å²) in [6.07, 6.45) is 1.51. The van der Waals surface area contributed by atoms with Crippen LogP contribution in [0.3, 0.4) is 0 Å². The van der Waals surface area contributed by atoms with Gasteiger partial charge in [0.15, 0.2) is 11.0 Å². The first-order chi connectivity index (χ1) is 15.3. The number of fused-ring (bicyclic) bond motifs is 1. The fourth-order valence-electron chi connectivity index (χ4n) is 3.31. The number of hydrogen-bond donors (Lipinski definition) is 0. The summed E-state index contributed by atoms with van der Waals surface area (Å²) in [7, 11) is 1.65. The standard InChI is InChI=1S/C22H19N7OS/c1-3-28-20(16-9-11-17(30-2)12-10-16)26-27-22(28)31-19-13-18(15-7-5-4-6-8-15)25-21-23-14-24-29(19)21/h4-14H,3H2,1-2H3. The molecule has 0 spiro atoms. The van der Waals surface area contributed by atoms with Crippen molar-refractivity contribution in [1.29, 1.82) is 0 Å². The molecule has 0 fully saturated rings. The van der Waals surface area contributed by atoms with E-state index in [1.807, 2.05) is 60.7 Å². The first kappa shape index (κ1) is 19.3. The lowest BCUT2D eigenvalue weighted by molar-refractivity contribution is 0.415. The molecule has 5 rings (SSSR count). The van der Waals surface area contributed by atoms with Crippen LogP contribution in [0.5, 0.6) is 5.75 Å². The highest BCUT2D eigenvalue weighted by molar-refractivity contribution is 7.99. The SMILES string of the molecule is CCn1c(Sc2cc(-c3ccccc3)nc3ncnn23)nnc1-c1ccc(OC)cc1. The molecular weight excluding hydrogens is 410 g/mol. The summed E-state index contributed by atoms with van der Waals surface area (Å²) in [6.45, 7) is 2.81. The molecule has 0 aliphatic carbocycles. The Bertz CT molecular complexity index is 1330. The molecule has 0 aliphatic heterocycles. The summed E-state index contributed by atoms with van der Waals surface area (Å²) >= 11 is 1.49. The quantitative estimate of drug-likeness (QED) is 0.374. The molecule has 3 aromatic heterocycles. The summed E-state index contributed by atoms with van der Waals surface area (Å²) in [5.74, 6) is 2.15. The largest absolute Gasteiger partial charge is 0.497 e. The minimum Gasteiger partial charge on any atom is -0.497 e. The van der Waals surface area contributed by atoms with E-state index in [0.29, 0.717) is 5.78 Å². The molecule has 9 heteroatoms. The van der Waals surface area contributed by atoms with E-state index >= 15 is 0 Å². The van der Waals surface area contributed by atoms with Gasteiger partial charge in [0.2, 0.25) is 0 Å².